The van der Waals surface area contributed by atoms with Gasteiger partial charge in [-0.2, -0.15) is 0 Å². The zero-order valence-electron chi connectivity index (χ0n) is 10.1. The number of benzene rings is 1. The molecule has 3 nitrogen and oxygen atoms in total. The quantitative estimate of drug-likeness (QED) is 0.791. The van der Waals surface area contributed by atoms with Crippen molar-refractivity contribution in [3.63, 3.8) is 0 Å². The Bertz CT molecular complexity index is 380. The van der Waals surface area contributed by atoms with Crippen LogP contribution in [0.1, 0.15) is 24.0 Å². The highest BCUT2D eigenvalue weighted by Crippen LogP contribution is 2.17. The number of halogens is 1. The minimum Gasteiger partial charge on any atom is -0.356 e. The second-order valence-corrected chi connectivity index (χ2v) is 4.93. The molecule has 0 aliphatic rings. The molecule has 0 saturated carbocycles. The van der Waals surface area contributed by atoms with Crippen LogP contribution in [-0.2, 0) is 11.2 Å². The molecule has 0 radical (unpaired) electrons. The van der Waals surface area contributed by atoms with Crippen LogP contribution in [0.15, 0.2) is 22.7 Å². The van der Waals surface area contributed by atoms with E-state index in [2.05, 4.69) is 34.2 Å². The van der Waals surface area contributed by atoms with E-state index in [9.17, 15) is 4.79 Å². The minimum absolute atomic E-state index is 0.0963. The number of hydrogen-bond donors (Lipinski definition) is 2. The number of carbonyl (C=O) groups is 1. The van der Waals surface area contributed by atoms with Gasteiger partial charge < -0.3 is 11.1 Å². The molecule has 0 bridgehead atoms. The van der Waals surface area contributed by atoms with Crippen LogP contribution in [0.25, 0.3) is 0 Å². The van der Waals surface area contributed by atoms with Gasteiger partial charge in [0.25, 0.3) is 0 Å². The Morgan fingerprint density at radius 3 is 2.88 bits per heavy atom. The minimum atomic E-state index is 0.0963. The van der Waals surface area contributed by atoms with Crippen molar-refractivity contribution in [1.29, 1.82) is 0 Å². The molecule has 17 heavy (non-hydrogen) atoms. The number of nitrogens with two attached hydrogens (primary N) is 1. The summed E-state index contributed by atoms with van der Waals surface area (Å²) in [5.74, 6) is 0.0963. The highest BCUT2D eigenvalue weighted by Gasteiger charge is 2.02. The van der Waals surface area contributed by atoms with Crippen LogP contribution in [0.3, 0.4) is 0 Å². The summed E-state index contributed by atoms with van der Waals surface area (Å²) in [7, 11) is 0. The van der Waals surface area contributed by atoms with E-state index in [1.165, 1.54) is 11.1 Å². The largest absolute Gasteiger partial charge is 0.356 e. The van der Waals surface area contributed by atoms with Crippen molar-refractivity contribution in [3.8, 4) is 0 Å². The van der Waals surface area contributed by atoms with E-state index in [1.54, 1.807) is 0 Å². The van der Waals surface area contributed by atoms with Crippen LogP contribution in [0.4, 0.5) is 0 Å². The first kappa shape index (κ1) is 14.2. The molecule has 0 heterocycles. The van der Waals surface area contributed by atoms with Gasteiger partial charge in [0, 0.05) is 17.4 Å². The summed E-state index contributed by atoms with van der Waals surface area (Å²) in [4.78, 5) is 11.5. The van der Waals surface area contributed by atoms with E-state index in [0.717, 1.165) is 17.3 Å². The Labute approximate surface area is 111 Å². The van der Waals surface area contributed by atoms with Gasteiger partial charge in [-0.3, -0.25) is 4.79 Å². The fourth-order valence-electron chi connectivity index (χ4n) is 1.54. The van der Waals surface area contributed by atoms with Gasteiger partial charge in [0.2, 0.25) is 5.91 Å². The number of amides is 1. The normalized spacial score (nSPS) is 10.3. The van der Waals surface area contributed by atoms with E-state index in [0.29, 0.717) is 19.5 Å². The summed E-state index contributed by atoms with van der Waals surface area (Å²) in [6.07, 6.45) is 2.15. The average molecular weight is 299 g/mol. The first-order valence-electron chi connectivity index (χ1n) is 5.85. The molecule has 1 amide bonds. The standard InChI is InChI=1S/C13H19BrN2O/c1-10-9-11(3-5-12(10)14)4-6-13(17)16-8-2-7-15/h3,5,9H,2,4,6-8,15H2,1H3,(H,16,17). The van der Waals surface area contributed by atoms with E-state index in [4.69, 9.17) is 5.73 Å². The van der Waals surface area contributed by atoms with Gasteiger partial charge >= 0.3 is 0 Å². The topological polar surface area (TPSA) is 55.1 Å². The highest BCUT2D eigenvalue weighted by molar-refractivity contribution is 9.10. The van der Waals surface area contributed by atoms with E-state index >= 15 is 0 Å². The number of aryl methyl sites for hydroxylation is 2. The number of carbonyl (C=O) groups excluding carboxylic acids is 1. The third-order valence-corrected chi connectivity index (χ3v) is 3.46. The van der Waals surface area contributed by atoms with Gasteiger partial charge in [-0.1, -0.05) is 28.1 Å². The summed E-state index contributed by atoms with van der Waals surface area (Å²) in [5.41, 5.74) is 7.75. The number of hydrogen-bond acceptors (Lipinski definition) is 2. The molecule has 0 fully saturated rings. The summed E-state index contributed by atoms with van der Waals surface area (Å²) >= 11 is 3.46. The number of rotatable bonds is 6. The maximum atomic E-state index is 11.5. The van der Waals surface area contributed by atoms with Crippen LogP contribution in [-0.4, -0.2) is 19.0 Å². The molecule has 3 N–H and O–H groups in total. The molecule has 0 saturated heterocycles. The molecule has 0 spiro atoms. The Kier molecular flexibility index (Phi) is 6.22. The molecule has 0 atom stereocenters. The van der Waals surface area contributed by atoms with Crippen molar-refractivity contribution in [3.05, 3.63) is 33.8 Å². The van der Waals surface area contributed by atoms with Crippen molar-refractivity contribution < 1.29 is 4.79 Å². The Hall–Kier alpha value is -0.870. The summed E-state index contributed by atoms with van der Waals surface area (Å²) in [6.45, 7) is 3.34. The second-order valence-electron chi connectivity index (χ2n) is 4.08. The van der Waals surface area contributed by atoms with Gasteiger partial charge in [-0.15, -0.1) is 0 Å². The fourth-order valence-corrected chi connectivity index (χ4v) is 1.79. The molecule has 1 aromatic rings. The lowest BCUT2D eigenvalue weighted by atomic mass is 10.1. The molecule has 0 aliphatic heterocycles. The lowest BCUT2D eigenvalue weighted by Crippen LogP contribution is -2.26. The Morgan fingerprint density at radius 1 is 1.47 bits per heavy atom. The zero-order chi connectivity index (χ0) is 12.7. The van der Waals surface area contributed by atoms with Crippen LogP contribution in [0, 0.1) is 6.92 Å². The van der Waals surface area contributed by atoms with Crippen molar-refractivity contribution in [2.75, 3.05) is 13.1 Å². The molecular formula is C13H19BrN2O. The Morgan fingerprint density at radius 2 is 2.24 bits per heavy atom. The maximum Gasteiger partial charge on any atom is 0.220 e. The average Bonchev–Trinajstić information content (AvgIpc) is 2.31. The van der Waals surface area contributed by atoms with E-state index in [1.807, 2.05) is 12.1 Å². The highest BCUT2D eigenvalue weighted by atomic mass is 79.9. The first-order chi connectivity index (χ1) is 8.13. The molecule has 94 valence electrons. The summed E-state index contributed by atoms with van der Waals surface area (Å²) in [5, 5.41) is 2.85. The van der Waals surface area contributed by atoms with Gasteiger partial charge in [0.05, 0.1) is 0 Å². The predicted molar refractivity (Wildman–Crippen MR) is 73.9 cm³/mol. The lowest BCUT2D eigenvalue weighted by molar-refractivity contribution is -0.121. The molecule has 0 aliphatic carbocycles. The Balaban J connectivity index is 2.34. The monoisotopic (exact) mass is 298 g/mol. The smallest absolute Gasteiger partial charge is 0.220 e. The van der Waals surface area contributed by atoms with Crippen molar-refractivity contribution in [1.82, 2.24) is 5.32 Å². The van der Waals surface area contributed by atoms with Crippen molar-refractivity contribution in [2.45, 2.75) is 26.2 Å². The van der Waals surface area contributed by atoms with Crippen LogP contribution >= 0.6 is 15.9 Å². The van der Waals surface area contributed by atoms with Crippen LogP contribution < -0.4 is 11.1 Å². The molecule has 0 unspecified atom stereocenters. The molecular weight excluding hydrogens is 280 g/mol. The van der Waals surface area contributed by atoms with Gasteiger partial charge in [-0.25, -0.2) is 0 Å². The van der Waals surface area contributed by atoms with Crippen molar-refractivity contribution in [2.24, 2.45) is 5.73 Å². The van der Waals surface area contributed by atoms with Gasteiger partial charge in [0.15, 0.2) is 0 Å². The second kappa shape index (κ2) is 7.45. The lowest BCUT2D eigenvalue weighted by Gasteiger charge is -2.06. The van der Waals surface area contributed by atoms with Crippen molar-refractivity contribution >= 4 is 21.8 Å². The third kappa shape index (κ3) is 5.33. The van der Waals surface area contributed by atoms with E-state index in [-0.39, 0.29) is 5.91 Å². The van der Waals surface area contributed by atoms with Crippen LogP contribution in [0.2, 0.25) is 0 Å². The van der Waals surface area contributed by atoms with E-state index < -0.39 is 0 Å². The SMILES string of the molecule is Cc1cc(CCC(=O)NCCCN)ccc1Br. The maximum absolute atomic E-state index is 11.5. The summed E-state index contributed by atoms with van der Waals surface area (Å²) < 4.78 is 1.11. The zero-order valence-corrected chi connectivity index (χ0v) is 11.7. The fraction of sp³-hybridized carbons (Fsp3) is 0.462. The third-order valence-electron chi connectivity index (χ3n) is 2.57. The predicted octanol–water partition coefficient (Wildman–Crippen LogP) is 2.16. The summed E-state index contributed by atoms with van der Waals surface area (Å²) in [6, 6.07) is 6.18. The molecule has 1 aromatic carbocycles. The van der Waals surface area contributed by atoms with Crippen LogP contribution in [0.5, 0.6) is 0 Å². The first-order valence-corrected chi connectivity index (χ1v) is 6.64. The molecule has 0 aromatic heterocycles. The van der Waals surface area contributed by atoms with Gasteiger partial charge in [0.1, 0.15) is 0 Å². The molecule has 4 heteroatoms. The molecule has 1 rings (SSSR count). The van der Waals surface area contributed by atoms with Gasteiger partial charge in [-0.05, 0) is 43.5 Å². The number of nitrogens with one attached hydrogen (secondary N) is 1.